The first-order chi connectivity index (χ1) is 11.6. The van der Waals surface area contributed by atoms with Gasteiger partial charge >= 0.3 is 0 Å². The molecule has 0 amide bonds. The fraction of sp³-hybridized carbons (Fsp3) is 0.0556. The van der Waals surface area contributed by atoms with Crippen LogP contribution in [-0.4, -0.2) is 14.9 Å². The number of hydrogen-bond acceptors (Lipinski definition) is 4. The number of aromatic nitrogens is 2. The molecule has 0 radical (unpaired) electrons. The smallest absolute Gasteiger partial charge is 0.280 e. The maximum absolute atomic E-state index is 11.3. The minimum atomic E-state index is -0.397. The minimum absolute atomic E-state index is 0.0282. The van der Waals surface area contributed by atoms with Crippen molar-refractivity contribution in [3.05, 3.63) is 70.3 Å². The molecule has 0 aliphatic heterocycles. The molecule has 0 spiro atoms. The van der Waals surface area contributed by atoms with Crippen LogP contribution >= 0.6 is 0 Å². The van der Waals surface area contributed by atoms with Crippen LogP contribution in [0.1, 0.15) is 5.56 Å². The van der Waals surface area contributed by atoms with Crippen molar-refractivity contribution in [3.8, 4) is 22.9 Å². The van der Waals surface area contributed by atoms with E-state index >= 15 is 0 Å². The molecule has 2 heterocycles. The normalized spacial score (nSPS) is 11.0. The van der Waals surface area contributed by atoms with Crippen molar-refractivity contribution < 1.29 is 9.34 Å². The summed E-state index contributed by atoms with van der Waals surface area (Å²) in [5.74, 6) is 1.57. The van der Waals surface area contributed by atoms with E-state index < -0.39 is 4.92 Å². The molecule has 2 aromatic heterocycles. The molecule has 0 unspecified atom stereocenters. The van der Waals surface area contributed by atoms with Gasteiger partial charge in [0.25, 0.3) is 5.69 Å². The van der Waals surface area contributed by atoms with E-state index in [0.717, 1.165) is 16.6 Å². The Morgan fingerprint density at radius 1 is 1.08 bits per heavy atom. The summed E-state index contributed by atoms with van der Waals surface area (Å²) in [5, 5.41) is 11.3. The molecule has 1 N–H and O–H groups in total. The van der Waals surface area contributed by atoms with Gasteiger partial charge in [-0.3, -0.25) is 10.1 Å². The van der Waals surface area contributed by atoms with Gasteiger partial charge in [-0.05, 0) is 42.8 Å². The molecule has 0 atom stereocenters. The Morgan fingerprint density at radius 3 is 2.67 bits per heavy atom. The molecule has 0 bridgehead atoms. The number of hydrogen-bond donors (Lipinski definition) is 1. The quantitative estimate of drug-likeness (QED) is 0.438. The first-order valence-corrected chi connectivity index (χ1v) is 7.42. The summed E-state index contributed by atoms with van der Waals surface area (Å²) in [7, 11) is 0. The van der Waals surface area contributed by atoms with Gasteiger partial charge in [0.05, 0.1) is 21.5 Å². The van der Waals surface area contributed by atoms with E-state index in [0.29, 0.717) is 22.9 Å². The van der Waals surface area contributed by atoms with Gasteiger partial charge in [-0.25, -0.2) is 4.98 Å². The molecule has 4 aromatic rings. The molecular formula is C18H13N3O3. The van der Waals surface area contributed by atoms with Crippen LogP contribution in [0.2, 0.25) is 0 Å². The maximum Gasteiger partial charge on any atom is 0.280 e. The van der Waals surface area contributed by atoms with Gasteiger partial charge in [0.15, 0.2) is 11.6 Å². The maximum atomic E-state index is 11.3. The minimum Gasteiger partial charge on any atom is -0.453 e. The summed E-state index contributed by atoms with van der Waals surface area (Å²) in [5.41, 5.74) is 3.06. The second-order valence-corrected chi connectivity index (χ2v) is 5.54. The lowest BCUT2D eigenvalue weighted by Crippen LogP contribution is -1.92. The number of imidazole rings is 1. The molecule has 24 heavy (non-hydrogen) atoms. The Hall–Kier alpha value is -3.41. The highest BCUT2D eigenvalue weighted by molar-refractivity contribution is 5.79. The first-order valence-electron chi connectivity index (χ1n) is 7.42. The Labute approximate surface area is 136 Å². The lowest BCUT2D eigenvalue weighted by molar-refractivity contribution is -0.384. The molecule has 118 valence electrons. The number of para-hydroxylation sites is 2. The van der Waals surface area contributed by atoms with Gasteiger partial charge in [-0.2, -0.15) is 0 Å². The van der Waals surface area contributed by atoms with E-state index in [9.17, 15) is 10.1 Å². The number of aromatic amines is 1. The van der Waals surface area contributed by atoms with Crippen LogP contribution in [0.15, 0.2) is 59.0 Å². The Morgan fingerprint density at radius 2 is 1.88 bits per heavy atom. The summed E-state index contributed by atoms with van der Waals surface area (Å²) in [6, 6.07) is 16.2. The molecule has 4 rings (SSSR count). The van der Waals surface area contributed by atoms with Gasteiger partial charge in [-0.15, -0.1) is 0 Å². The number of aryl methyl sites for hydroxylation is 1. The Kier molecular flexibility index (Phi) is 3.16. The number of furan rings is 1. The van der Waals surface area contributed by atoms with Crippen LogP contribution in [0.25, 0.3) is 33.9 Å². The van der Waals surface area contributed by atoms with Crippen molar-refractivity contribution in [3.63, 3.8) is 0 Å². The molecule has 0 saturated heterocycles. The van der Waals surface area contributed by atoms with Crippen molar-refractivity contribution in [2.75, 3.05) is 0 Å². The highest BCUT2D eigenvalue weighted by Crippen LogP contribution is 2.34. The number of nitrogens with one attached hydrogen (secondary N) is 1. The lowest BCUT2D eigenvalue weighted by Gasteiger charge is -2.01. The number of rotatable bonds is 3. The van der Waals surface area contributed by atoms with E-state index in [2.05, 4.69) is 9.97 Å². The zero-order valence-corrected chi connectivity index (χ0v) is 12.8. The highest BCUT2D eigenvalue weighted by atomic mass is 16.6. The monoisotopic (exact) mass is 319 g/mol. The number of nitro groups is 1. The predicted molar refractivity (Wildman–Crippen MR) is 90.6 cm³/mol. The fourth-order valence-corrected chi connectivity index (χ4v) is 2.68. The van der Waals surface area contributed by atoms with Crippen molar-refractivity contribution in [2.45, 2.75) is 6.92 Å². The third-order valence-electron chi connectivity index (χ3n) is 3.84. The summed E-state index contributed by atoms with van der Waals surface area (Å²) in [4.78, 5) is 18.6. The van der Waals surface area contributed by atoms with E-state index in [1.807, 2.05) is 37.3 Å². The van der Waals surface area contributed by atoms with Crippen molar-refractivity contribution in [2.24, 2.45) is 0 Å². The Balaban J connectivity index is 1.79. The molecule has 0 saturated carbocycles. The molecule has 0 aliphatic carbocycles. The van der Waals surface area contributed by atoms with E-state index in [4.69, 9.17) is 4.42 Å². The van der Waals surface area contributed by atoms with Gasteiger partial charge in [0, 0.05) is 6.07 Å². The number of H-pyrrole nitrogens is 1. The predicted octanol–water partition coefficient (Wildman–Crippen LogP) is 4.71. The summed E-state index contributed by atoms with van der Waals surface area (Å²) in [6.45, 7) is 1.82. The van der Waals surface area contributed by atoms with Crippen LogP contribution in [0.4, 0.5) is 5.69 Å². The number of fused-ring (bicyclic) bond motifs is 1. The average Bonchev–Trinajstić information content (AvgIpc) is 3.21. The molecule has 6 nitrogen and oxygen atoms in total. The van der Waals surface area contributed by atoms with E-state index in [-0.39, 0.29) is 5.69 Å². The standard InChI is InChI=1S/C18H13N3O3/c1-11-6-7-12(15(10-11)21(22)23)16-8-9-17(24-16)18-19-13-4-2-3-5-14(13)20-18/h2-10H,1H3,(H,19,20). The van der Waals surface area contributed by atoms with Crippen LogP contribution < -0.4 is 0 Å². The molecule has 2 aromatic carbocycles. The van der Waals surface area contributed by atoms with E-state index in [1.165, 1.54) is 0 Å². The Bertz CT molecular complexity index is 1030. The largest absolute Gasteiger partial charge is 0.453 e. The zero-order chi connectivity index (χ0) is 16.7. The van der Waals surface area contributed by atoms with Gasteiger partial charge in [-0.1, -0.05) is 18.2 Å². The van der Waals surface area contributed by atoms with Crippen molar-refractivity contribution in [1.29, 1.82) is 0 Å². The molecular weight excluding hydrogens is 306 g/mol. The van der Waals surface area contributed by atoms with Crippen molar-refractivity contribution >= 4 is 16.7 Å². The van der Waals surface area contributed by atoms with Crippen LogP contribution in [0.5, 0.6) is 0 Å². The molecule has 6 heteroatoms. The average molecular weight is 319 g/mol. The number of benzene rings is 2. The zero-order valence-electron chi connectivity index (χ0n) is 12.8. The number of nitro benzene ring substituents is 1. The highest BCUT2D eigenvalue weighted by Gasteiger charge is 2.19. The number of nitrogens with zero attached hydrogens (tertiary/aromatic N) is 2. The fourth-order valence-electron chi connectivity index (χ4n) is 2.68. The van der Waals surface area contributed by atoms with Crippen LogP contribution in [-0.2, 0) is 0 Å². The summed E-state index contributed by atoms with van der Waals surface area (Å²) < 4.78 is 5.82. The van der Waals surface area contributed by atoms with Gasteiger partial charge < -0.3 is 9.40 Å². The first kappa shape index (κ1) is 14.2. The second kappa shape index (κ2) is 5.34. The van der Waals surface area contributed by atoms with Crippen LogP contribution in [0.3, 0.4) is 0 Å². The third kappa shape index (κ3) is 2.34. The topological polar surface area (TPSA) is 85.0 Å². The van der Waals surface area contributed by atoms with Gasteiger partial charge in [0.1, 0.15) is 5.76 Å². The molecule has 0 aliphatic rings. The van der Waals surface area contributed by atoms with Crippen molar-refractivity contribution in [1.82, 2.24) is 9.97 Å². The van der Waals surface area contributed by atoms with Crippen LogP contribution in [0, 0.1) is 17.0 Å². The third-order valence-corrected chi connectivity index (χ3v) is 3.84. The SMILES string of the molecule is Cc1ccc(-c2ccc(-c3nc4ccccc4[nH]3)o2)c([N+](=O)[O-])c1. The lowest BCUT2D eigenvalue weighted by atomic mass is 10.1. The second-order valence-electron chi connectivity index (χ2n) is 5.54. The molecule has 0 fully saturated rings. The summed E-state index contributed by atoms with van der Waals surface area (Å²) in [6.07, 6.45) is 0. The van der Waals surface area contributed by atoms with E-state index in [1.54, 1.807) is 24.3 Å². The summed E-state index contributed by atoms with van der Waals surface area (Å²) >= 11 is 0. The van der Waals surface area contributed by atoms with Gasteiger partial charge in [0.2, 0.25) is 0 Å².